The average molecular weight is 182 g/mol. The van der Waals surface area contributed by atoms with Crippen molar-refractivity contribution in [1.29, 1.82) is 0 Å². The van der Waals surface area contributed by atoms with E-state index in [1.807, 2.05) is 6.08 Å². The first-order valence-electron chi connectivity index (χ1n) is 3.84. The Hall–Kier alpha value is -0.640. The Balaban J connectivity index is 2.94. The summed E-state index contributed by atoms with van der Waals surface area (Å²) in [5, 5.41) is 0. The maximum absolute atomic E-state index is 5.36. The molecule has 0 bridgehead atoms. The predicted octanol–water partition coefficient (Wildman–Crippen LogP) is 2.06. The van der Waals surface area contributed by atoms with Crippen LogP contribution in [0.2, 0.25) is 0 Å². The number of thiophene rings is 1. The lowest BCUT2D eigenvalue weighted by Gasteiger charge is -2.06. The highest BCUT2D eigenvalue weighted by atomic mass is 32.1. The molecule has 0 saturated carbocycles. The van der Waals surface area contributed by atoms with Gasteiger partial charge in [0.15, 0.2) is 0 Å². The maximum atomic E-state index is 5.36. The van der Waals surface area contributed by atoms with Crippen LogP contribution in [0.1, 0.15) is 21.4 Å². The summed E-state index contributed by atoms with van der Waals surface area (Å²) in [4.78, 5) is 2.56. The summed E-state index contributed by atoms with van der Waals surface area (Å²) in [6.07, 6.45) is 1.81. The number of hydrogen-bond donors (Lipinski definition) is 2. The Morgan fingerprint density at radius 3 is 2.67 bits per heavy atom. The second-order valence-electron chi connectivity index (χ2n) is 2.77. The van der Waals surface area contributed by atoms with Crippen LogP contribution in [0.15, 0.2) is 18.7 Å². The lowest BCUT2D eigenvalue weighted by atomic mass is 10.2. The molecule has 12 heavy (non-hydrogen) atoms. The summed E-state index contributed by atoms with van der Waals surface area (Å²) in [6, 6.07) is 2.23. The van der Waals surface area contributed by atoms with E-state index in [0.29, 0.717) is 0 Å². The molecule has 66 valence electrons. The van der Waals surface area contributed by atoms with Crippen LogP contribution in [-0.2, 0) is 0 Å². The van der Waals surface area contributed by atoms with Gasteiger partial charge in [0.2, 0.25) is 0 Å². The van der Waals surface area contributed by atoms with Gasteiger partial charge in [-0.2, -0.15) is 0 Å². The van der Waals surface area contributed by atoms with Gasteiger partial charge in [0, 0.05) is 9.75 Å². The number of nitrogens with one attached hydrogen (secondary N) is 1. The molecule has 0 aromatic carbocycles. The summed E-state index contributed by atoms with van der Waals surface area (Å²) in [5.41, 5.74) is 4.02. The van der Waals surface area contributed by atoms with Gasteiger partial charge in [0.25, 0.3) is 0 Å². The molecule has 0 radical (unpaired) electrons. The van der Waals surface area contributed by atoms with Gasteiger partial charge in [-0.25, -0.2) is 5.43 Å². The van der Waals surface area contributed by atoms with Crippen molar-refractivity contribution in [2.24, 2.45) is 5.84 Å². The molecular weight excluding hydrogens is 168 g/mol. The number of nitrogens with two attached hydrogens (primary N) is 1. The minimum absolute atomic E-state index is 0.0856. The molecule has 1 rings (SSSR count). The quantitative estimate of drug-likeness (QED) is 0.426. The second kappa shape index (κ2) is 3.85. The maximum Gasteiger partial charge on any atom is 0.0731 e. The predicted molar refractivity (Wildman–Crippen MR) is 54.1 cm³/mol. The van der Waals surface area contributed by atoms with Crippen LogP contribution in [0.25, 0.3) is 0 Å². The van der Waals surface area contributed by atoms with Gasteiger partial charge in [0.05, 0.1) is 6.04 Å². The zero-order chi connectivity index (χ0) is 9.14. The monoisotopic (exact) mass is 182 g/mol. The van der Waals surface area contributed by atoms with Crippen LogP contribution in [0, 0.1) is 13.8 Å². The number of rotatable bonds is 3. The van der Waals surface area contributed by atoms with E-state index in [1.54, 1.807) is 11.3 Å². The van der Waals surface area contributed by atoms with Gasteiger partial charge in [-0.1, -0.05) is 6.08 Å². The summed E-state index contributed by atoms with van der Waals surface area (Å²) in [6.45, 7) is 7.93. The number of aryl methyl sites for hydroxylation is 2. The third-order valence-corrected chi connectivity index (χ3v) is 3.14. The minimum atomic E-state index is 0.0856. The fourth-order valence-corrected chi connectivity index (χ4v) is 2.12. The molecular formula is C9H14N2S. The molecule has 1 atom stereocenters. The van der Waals surface area contributed by atoms with Crippen LogP contribution < -0.4 is 11.3 Å². The van der Waals surface area contributed by atoms with Crippen molar-refractivity contribution in [3.63, 3.8) is 0 Å². The standard InChI is InChI=1S/C9H14N2S/c1-4-8(11-10)9-5-6(2)7(3)12-9/h4-5,8,11H,1,10H2,2-3H3. The highest BCUT2D eigenvalue weighted by molar-refractivity contribution is 7.12. The van der Waals surface area contributed by atoms with Gasteiger partial charge in [-0.15, -0.1) is 17.9 Å². The smallest absolute Gasteiger partial charge is 0.0731 e. The molecule has 1 heterocycles. The van der Waals surface area contributed by atoms with E-state index < -0.39 is 0 Å². The van der Waals surface area contributed by atoms with Crippen molar-refractivity contribution >= 4 is 11.3 Å². The molecule has 0 aliphatic rings. The van der Waals surface area contributed by atoms with Crippen molar-refractivity contribution in [2.75, 3.05) is 0 Å². The molecule has 0 spiro atoms. The Morgan fingerprint density at radius 1 is 1.67 bits per heavy atom. The third-order valence-electron chi connectivity index (χ3n) is 1.91. The van der Waals surface area contributed by atoms with E-state index in [4.69, 9.17) is 5.84 Å². The zero-order valence-corrected chi connectivity index (χ0v) is 8.24. The Kier molecular flexibility index (Phi) is 3.03. The number of hydrazine groups is 1. The molecule has 0 aliphatic heterocycles. The van der Waals surface area contributed by atoms with Crippen molar-refractivity contribution in [3.05, 3.63) is 34.0 Å². The van der Waals surface area contributed by atoms with Crippen LogP contribution in [0.4, 0.5) is 0 Å². The molecule has 0 fully saturated rings. The van der Waals surface area contributed by atoms with Crippen molar-refractivity contribution in [2.45, 2.75) is 19.9 Å². The molecule has 2 nitrogen and oxygen atoms in total. The van der Waals surface area contributed by atoms with Gasteiger partial charge in [-0.05, 0) is 25.5 Å². The molecule has 1 unspecified atom stereocenters. The van der Waals surface area contributed by atoms with Crippen molar-refractivity contribution in [3.8, 4) is 0 Å². The fourth-order valence-electron chi connectivity index (χ4n) is 1.02. The van der Waals surface area contributed by atoms with Gasteiger partial charge < -0.3 is 0 Å². The first kappa shape index (κ1) is 9.45. The van der Waals surface area contributed by atoms with Crippen LogP contribution >= 0.6 is 11.3 Å². The third kappa shape index (κ3) is 1.75. The summed E-state index contributed by atoms with van der Waals surface area (Å²) < 4.78 is 0. The van der Waals surface area contributed by atoms with E-state index >= 15 is 0 Å². The largest absolute Gasteiger partial charge is 0.271 e. The molecule has 0 amide bonds. The lowest BCUT2D eigenvalue weighted by molar-refractivity contribution is 0.666. The highest BCUT2D eigenvalue weighted by Gasteiger charge is 2.08. The Labute approximate surface area is 77.1 Å². The van der Waals surface area contributed by atoms with Gasteiger partial charge in [-0.3, -0.25) is 5.84 Å². The molecule has 0 saturated heterocycles. The van der Waals surface area contributed by atoms with E-state index in [1.165, 1.54) is 15.3 Å². The summed E-state index contributed by atoms with van der Waals surface area (Å²) in [5.74, 6) is 5.36. The molecule has 0 aliphatic carbocycles. The van der Waals surface area contributed by atoms with E-state index in [9.17, 15) is 0 Å². The normalized spacial score (nSPS) is 12.9. The minimum Gasteiger partial charge on any atom is -0.271 e. The Bertz CT molecular complexity index is 259. The second-order valence-corrected chi connectivity index (χ2v) is 4.06. The van der Waals surface area contributed by atoms with Crippen molar-refractivity contribution < 1.29 is 0 Å². The van der Waals surface area contributed by atoms with Gasteiger partial charge >= 0.3 is 0 Å². The molecule has 3 heteroatoms. The van der Waals surface area contributed by atoms with E-state index in [-0.39, 0.29) is 6.04 Å². The number of hydrogen-bond acceptors (Lipinski definition) is 3. The lowest BCUT2D eigenvalue weighted by Crippen LogP contribution is -2.25. The Morgan fingerprint density at radius 2 is 2.33 bits per heavy atom. The average Bonchev–Trinajstić information content (AvgIpc) is 2.35. The van der Waals surface area contributed by atoms with Crippen LogP contribution in [-0.4, -0.2) is 0 Å². The SMILES string of the molecule is C=CC(NN)c1cc(C)c(C)s1. The van der Waals surface area contributed by atoms with E-state index in [2.05, 4.69) is 31.9 Å². The van der Waals surface area contributed by atoms with Crippen LogP contribution in [0.5, 0.6) is 0 Å². The van der Waals surface area contributed by atoms with Crippen LogP contribution in [0.3, 0.4) is 0 Å². The molecule has 3 N–H and O–H groups in total. The van der Waals surface area contributed by atoms with E-state index in [0.717, 1.165) is 0 Å². The fraction of sp³-hybridized carbons (Fsp3) is 0.333. The molecule has 1 aromatic rings. The first-order valence-corrected chi connectivity index (χ1v) is 4.66. The first-order chi connectivity index (χ1) is 5.69. The summed E-state index contributed by atoms with van der Waals surface area (Å²) in [7, 11) is 0. The zero-order valence-electron chi connectivity index (χ0n) is 7.42. The van der Waals surface area contributed by atoms with Gasteiger partial charge in [0.1, 0.15) is 0 Å². The topological polar surface area (TPSA) is 38.0 Å². The van der Waals surface area contributed by atoms with Crippen molar-refractivity contribution in [1.82, 2.24) is 5.43 Å². The summed E-state index contributed by atoms with van der Waals surface area (Å²) >= 11 is 1.76. The highest BCUT2D eigenvalue weighted by Crippen LogP contribution is 2.26. The molecule has 1 aromatic heterocycles.